The molecule has 2 N–H and O–H groups in total. The molecule has 0 bridgehead atoms. The topological polar surface area (TPSA) is 107 Å². The molecule has 5 rings (SSSR count). The second-order valence-corrected chi connectivity index (χ2v) is 9.97. The number of furan rings is 1. The molecule has 0 aliphatic carbocycles. The number of nitrogens with zero attached hydrogens (tertiary/aromatic N) is 2. The number of ether oxygens (including phenoxy) is 2. The van der Waals surface area contributed by atoms with E-state index in [4.69, 9.17) is 13.9 Å². The van der Waals surface area contributed by atoms with Gasteiger partial charge >= 0.3 is 5.91 Å². The van der Waals surface area contributed by atoms with Crippen molar-refractivity contribution >= 4 is 23.7 Å². The van der Waals surface area contributed by atoms with E-state index in [1.54, 1.807) is 36.4 Å². The molecule has 2 aromatic heterocycles. The Labute approximate surface area is 249 Å². The lowest BCUT2D eigenvalue weighted by atomic mass is 10.2. The molecule has 43 heavy (non-hydrogen) atoms. The lowest BCUT2D eigenvalue weighted by Crippen LogP contribution is -2.20. The molecule has 0 radical (unpaired) electrons. The third kappa shape index (κ3) is 7.80. The van der Waals surface area contributed by atoms with Gasteiger partial charge in [-0.2, -0.15) is 5.10 Å². The van der Waals surface area contributed by atoms with Crippen molar-refractivity contribution in [3.05, 3.63) is 131 Å². The molecule has 9 heteroatoms. The maximum atomic E-state index is 12.5. The number of anilines is 1. The number of aromatic nitrogens is 1. The Morgan fingerprint density at radius 3 is 2.14 bits per heavy atom. The number of carbonyl (C=O) groups excluding carboxylic acids is 2. The van der Waals surface area contributed by atoms with Crippen LogP contribution in [0.1, 0.15) is 38.8 Å². The number of hydrazone groups is 1. The molecule has 0 unspecified atom stereocenters. The van der Waals surface area contributed by atoms with Crippen LogP contribution in [-0.4, -0.2) is 29.2 Å². The van der Waals surface area contributed by atoms with Crippen LogP contribution in [0.4, 0.5) is 5.69 Å². The standard InChI is InChI=1S/C34H32N4O5/c1-23-4-10-27(11-5-23)36-33(39)22-42-29-14-8-26(9-15-29)20-35-37-34(40)32-19-18-31(43-32)21-41-30-16-12-28(13-17-30)38-24(2)6-7-25(38)3/h4-20H,21-22H2,1-3H3,(H,36,39)(H,37,40)/b35-20+. The number of carbonyl (C=O) groups is 2. The lowest BCUT2D eigenvalue weighted by molar-refractivity contribution is -0.118. The average molecular weight is 577 g/mol. The van der Waals surface area contributed by atoms with E-state index in [1.807, 2.05) is 55.5 Å². The summed E-state index contributed by atoms with van der Waals surface area (Å²) in [6, 6.07) is 29.7. The highest BCUT2D eigenvalue weighted by Gasteiger charge is 2.11. The monoisotopic (exact) mass is 576 g/mol. The van der Waals surface area contributed by atoms with Gasteiger partial charge < -0.3 is 23.8 Å². The van der Waals surface area contributed by atoms with Crippen LogP contribution in [0.2, 0.25) is 0 Å². The molecule has 5 aromatic rings. The van der Waals surface area contributed by atoms with Gasteiger partial charge in [-0.15, -0.1) is 0 Å². The van der Waals surface area contributed by atoms with Crippen LogP contribution in [0.15, 0.2) is 107 Å². The summed E-state index contributed by atoms with van der Waals surface area (Å²) in [6.45, 7) is 6.18. The van der Waals surface area contributed by atoms with Crippen molar-refractivity contribution < 1.29 is 23.5 Å². The molecule has 0 saturated carbocycles. The number of aryl methyl sites for hydroxylation is 3. The van der Waals surface area contributed by atoms with Crippen LogP contribution in [-0.2, 0) is 11.4 Å². The molecular formula is C34H32N4O5. The average Bonchev–Trinajstić information content (AvgIpc) is 3.63. The smallest absolute Gasteiger partial charge is 0.307 e. The van der Waals surface area contributed by atoms with Gasteiger partial charge in [0.05, 0.1) is 6.21 Å². The summed E-state index contributed by atoms with van der Waals surface area (Å²) in [5, 5.41) is 6.78. The molecule has 0 spiro atoms. The minimum Gasteiger partial charge on any atom is -0.486 e. The zero-order chi connectivity index (χ0) is 30.2. The minimum absolute atomic E-state index is 0.117. The molecule has 0 aliphatic heterocycles. The second-order valence-electron chi connectivity index (χ2n) is 9.97. The van der Waals surface area contributed by atoms with Crippen molar-refractivity contribution in [2.24, 2.45) is 5.10 Å². The Kier molecular flexibility index (Phi) is 9.02. The molecule has 0 atom stereocenters. The Balaban J connectivity index is 1.05. The molecule has 0 saturated heterocycles. The lowest BCUT2D eigenvalue weighted by Gasteiger charge is -2.10. The summed E-state index contributed by atoms with van der Waals surface area (Å²) in [6.07, 6.45) is 1.50. The van der Waals surface area contributed by atoms with Gasteiger partial charge in [-0.3, -0.25) is 9.59 Å². The number of amides is 2. The zero-order valence-electron chi connectivity index (χ0n) is 24.2. The first-order valence-corrected chi connectivity index (χ1v) is 13.7. The first-order chi connectivity index (χ1) is 20.8. The zero-order valence-corrected chi connectivity index (χ0v) is 24.2. The highest BCUT2D eigenvalue weighted by molar-refractivity contribution is 5.92. The van der Waals surface area contributed by atoms with Crippen LogP contribution in [0.25, 0.3) is 5.69 Å². The van der Waals surface area contributed by atoms with Crippen molar-refractivity contribution in [2.75, 3.05) is 11.9 Å². The number of rotatable bonds is 11. The third-order valence-electron chi connectivity index (χ3n) is 6.60. The Bertz CT molecular complexity index is 1700. The molecule has 0 aliphatic rings. The Morgan fingerprint density at radius 1 is 0.791 bits per heavy atom. The maximum absolute atomic E-state index is 12.5. The van der Waals surface area contributed by atoms with E-state index in [9.17, 15) is 9.59 Å². The summed E-state index contributed by atoms with van der Waals surface area (Å²) >= 11 is 0. The van der Waals surface area contributed by atoms with Crippen LogP contribution in [0.3, 0.4) is 0 Å². The van der Waals surface area contributed by atoms with Gasteiger partial charge in [-0.05, 0) is 111 Å². The Morgan fingerprint density at radius 2 is 1.44 bits per heavy atom. The molecular weight excluding hydrogens is 544 g/mol. The summed E-state index contributed by atoms with van der Waals surface area (Å²) < 4.78 is 19.2. The fraction of sp³-hybridized carbons (Fsp3) is 0.147. The van der Waals surface area contributed by atoms with E-state index in [2.05, 4.69) is 46.4 Å². The fourth-order valence-corrected chi connectivity index (χ4v) is 4.35. The minimum atomic E-state index is -0.483. The summed E-state index contributed by atoms with van der Waals surface area (Å²) in [4.78, 5) is 24.6. The molecule has 2 heterocycles. The van der Waals surface area contributed by atoms with Gasteiger partial charge in [0.15, 0.2) is 12.4 Å². The van der Waals surface area contributed by atoms with Crippen molar-refractivity contribution in [1.82, 2.24) is 9.99 Å². The van der Waals surface area contributed by atoms with Crippen LogP contribution in [0.5, 0.6) is 11.5 Å². The fourth-order valence-electron chi connectivity index (χ4n) is 4.35. The van der Waals surface area contributed by atoms with Crippen LogP contribution >= 0.6 is 0 Å². The number of nitrogens with one attached hydrogen (secondary N) is 2. The van der Waals surface area contributed by atoms with E-state index < -0.39 is 5.91 Å². The summed E-state index contributed by atoms with van der Waals surface area (Å²) in [7, 11) is 0. The van der Waals surface area contributed by atoms with Gasteiger partial charge in [0, 0.05) is 22.8 Å². The predicted octanol–water partition coefficient (Wildman–Crippen LogP) is 6.36. The molecule has 2 amide bonds. The van der Waals surface area contributed by atoms with Crippen LogP contribution < -0.4 is 20.2 Å². The molecule has 9 nitrogen and oxygen atoms in total. The van der Waals surface area contributed by atoms with Gasteiger partial charge in [-0.25, -0.2) is 5.43 Å². The van der Waals surface area contributed by atoms with Gasteiger partial charge in [0.25, 0.3) is 5.91 Å². The van der Waals surface area contributed by atoms with E-state index in [0.717, 1.165) is 28.2 Å². The third-order valence-corrected chi connectivity index (χ3v) is 6.60. The van der Waals surface area contributed by atoms with Crippen molar-refractivity contribution in [3.63, 3.8) is 0 Å². The van der Waals surface area contributed by atoms with Crippen molar-refractivity contribution in [2.45, 2.75) is 27.4 Å². The maximum Gasteiger partial charge on any atom is 0.307 e. The SMILES string of the molecule is Cc1ccc(NC(=O)COc2ccc(/C=N/NC(=O)c3ccc(COc4ccc(-n5c(C)ccc5C)cc4)o3)cc2)cc1. The number of hydrogen-bond acceptors (Lipinski definition) is 6. The summed E-state index contributed by atoms with van der Waals surface area (Å²) in [5.74, 6) is 1.13. The van der Waals surface area contributed by atoms with E-state index >= 15 is 0 Å². The van der Waals surface area contributed by atoms with E-state index in [-0.39, 0.29) is 24.9 Å². The highest BCUT2D eigenvalue weighted by atomic mass is 16.5. The van der Waals surface area contributed by atoms with Gasteiger partial charge in [0.2, 0.25) is 0 Å². The van der Waals surface area contributed by atoms with Gasteiger partial charge in [0.1, 0.15) is 23.9 Å². The van der Waals surface area contributed by atoms with Gasteiger partial charge in [-0.1, -0.05) is 17.7 Å². The first kappa shape index (κ1) is 28.9. The Hall–Kier alpha value is -5.57. The quantitative estimate of drug-likeness (QED) is 0.141. The molecule has 218 valence electrons. The second kappa shape index (κ2) is 13.4. The van der Waals surface area contributed by atoms with E-state index in [1.165, 1.54) is 6.21 Å². The van der Waals surface area contributed by atoms with Crippen molar-refractivity contribution in [3.8, 4) is 17.2 Å². The highest BCUT2D eigenvalue weighted by Crippen LogP contribution is 2.21. The normalized spacial score (nSPS) is 11.0. The molecule has 3 aromatic carbocycles. The first-order valence-electron chi connectivity index (χ1n) is 13.7. The summed E-state index contributed by atoms with van der Waals surface area (Å²) in [5.41, 5.74) is 8.41. The number of benzene rings is 3. The molecule has 0 fully saturated rings. The van der Waals surface area contributed by atoms with Crippen molar-refractivity contribution in [1.29, 1.82) is 0 Å². The number of hydrogen-bond donors (Lipinski definition) is 2. The largest absolute Gasteiger partial charge is 0.486 e. The predicted molar refractivity (Wildman–Crippen MR) is 165 cm³/mol. The van der Waals surface area contributed by atoms with E-state index in [0.29, 0.717) is 22.9 Å². The van der Waals surface area contributed by atoms with Crippen LogP contribution in [0, 0.1) is 20.8 Å².